The minimum Gasteiger partial charge on any atom is -0.465 e. The molecule has 0 saturated heterocycles. The van der Waals surface area contributed by atoms with Crippen LogP contribution in [0.15, 0.2) is 36.4 Å². The molecule has 0 heterocycles. The van der Waals surface area contributed by atoms with Crippen LogP contribution in [0.25, 0.3) is 11.1 Å². The van der Waals surface area contributed by atoms with E-state index in [4.69, 9.17) is 5.11 Å². The minimum absolute atomic E-state index is 0.0901. The van der Waals surface area contributed by atoms with Crippen molar-refractivity contribution in [3.05, 3.63) is 58.7 Å². The molecule has 0 bridgehead atoms. The van der Waals surface area contributed by atoms with Gasteiger partial charge in [-0.3, -0.25) is 0 Å². The molecule has 1 aliphatic rings. The molecule has 2 aromatic carbocycles. The highest BCUT2D eigenvalue weighted by molar-refractivity contribution is 5.69. The van der Waals surface area contributed by atoms with Crippen molar-refractivity contribution in [2.75, 3.05) is 0 Å². The smallest absolute Gasteiger partial charge is 0.416 e. The lowest BCUT2D eigenvalue weighted by molar-refractivity contribution is -0.143. The number of amides is 1. The molecule has 156 valence electrons. The third-order valence-corrected chi connectivity index (χ3v) is 5.07. The second kappa shape index (κ2) is 6.67. The zero-order chi connectivity index (χ0) is 21.8. The van der Waals surface area contributed by atoms with E-state index in [9.17, 15) is 31.1 Å². The van der Waals surface area contributed by atoms with E-state index in [1.807, 2.05) is 13.8 Å². The number of benzene rings is 2. The molecule has 1 unspecified atom stereocenters. The van der Waals surface area contributed by atoms with Crippen LogP contribution in [0.2, 0.25) is 0 Å². The molecule has 0 saturated carbocycles. The molecule has 29 heavy (non-hydrogen) atoms. The number of carbonyl (C=O) groups is 1. The van der Waals surface area contributed by atoms with Crippen LogP contribution >= 0.6 is 0 Å². The van der Waals surface area contributed by atoms with Gasteiger partial charge in [-0.2, -0.15) is 26.3 Å². The van der Waals surface area contributed by atoms with Gasteiger partial charge < -0.3 is 10.4 Å². The number of carboxylic acid groups (broad SMARTS) is 1. The fraction of sp³-hybridized carbons (Fsp3) is 0.350. The monoisotopic (exact) mass is 417 g/mol. The van der Waals surface area contributed by atoms with E-state index in [2.05, 4.69) is 5.32 Å². The van der Waals surface area contributed by atoms with Crippen LogP contribution in [0.5, 0.6) is 0 Å². The first-order chi connectivity index (χ1) is 13.2. The molecule has 0 radical (unpaired) electrons. The summed E-state index contributed by atoms with van der Waals surface area (Å²) in [6.45, 7) is 3.67. The largest absolute Gasteiger partial charge is 0.465 e. The highest BCUT2D eigenvalue weighted by atomic mass is 19.4. The Morgan fingerprint density at radius 2 is 1.52 bits per heavy atom. The van der Waals surface area contributed by atoms with Crippen molar-refractivity contribution in [2.45, 2.75) is 38.7 Å². The molecule has 9 heteroatoms. The normalized spacial score (nSPS) is 18.4. The quantitative estimate of drug-likeness (QED) is 0.565. The van der Waals surface area contributed by atoms with E-state index in [-0.39, 0.29) is 17.2 Å². The van der Waals surface area contributed by atoms with Gasteiger partial charge in [0.25, 0.3) is 0 Å². The third kappa shape index (κ3) is 4.18. The first-order valence-corrected chi connectivity index (χ1v) is 8.60. The van der Waals surface area contributed by atoms with Crippen LogP contribution in [0.4, 0.5) is 31.1 Å². The second-order valence-corrected chi connectivity index (χ2v) is 7.76. The molecule has 1 atom stereocenters. The van der Waals surface area contributed by atoms with Crippen LogP contribution in [0.3, 0.4) is 0 Å². The van der Waals surface area contributed by atoms with E-state index < -0.39 is 41.0 Å². The van der Waals surface area contributed by atoms with E-state index in [0.29, 0.717) is 29.7 Å². The first-order valence-electron chi connectivity index (χ1n) is 8.60. The molecular weight excluding hydrogens is 400 g/mol. The summed E-state index contributed by atoms with van der Waals surface area (Å²) in [5.41, 5.74) is -1.93. The summed E-state index contributed by atoms with van der Waals surface area (Å²) in [6.07, 6.45) is -10.6. The van der Waals surface area contributed by atoms with Gasteiger partial charge in [0, 0.05) is 0 Å². The molecule has 1 amide bonds. The lowest BCUT2D eigenvalue weighted by atomic mass is 9.85. The van der Waals surface area contributed by atoms with Gasteiger partial charge in [-0.05, 0) is 52.3 Å². The Bertz CT molecular complexity index is 930. The zero-order valence-electron chi connectivity index (χ0n) is 15.4. The molecule has 2 aromatic rings. The summed E-state index contributed by atoms with van der Waals surface area (Å²) < 4.78 is 78.7. The van der Waals surface area contributed by atoms with Crippen molar-refractivity contribution in [3.63, 3.8) is 0 Å². The van der Waals surface area contributed by atoms with Gasteiger partial charge in [0.1, 0.15) is 0 Å². The van der Waals surface area contributed by atoms with Gasteiger partial charge in [-0.1, -0.05) is 32.0 Å². The van der Waals surface area contributed by atoms with E-state index in [1.54, 1.807) is 6.07 Å². The average Bonchev–Trinajstić information content (AvgIpc) is 2.81. The zero-order valence-corrected chi connectivity index (χ0v) is 15.4. The molecule has 1 aliphatic carbocycles. The molecule has 0 fully saturated rings. The third-order valence-electron chi connectivity index (χ3n) is 5.07. The van der Waals surface area contributed by atoms with Crippen molar-refractivity contribution in [1.82, 2.24) is 5.32 Å². The molecule has 3 rings (SSSR count). The van der Waals surface area contributed by atoms with E-state index in [0.717, 1.165) is 0 Å². The van der Waals surface area contributed by atoms with Crippen LogP contribution in [0.1, 0.15) is 42.1 Å². The number of halogens is 6. The first kappa shape index (κ1) is 21.0. The fourth-order valence-corrected chi connectivity index (χ4v) is 3.75. The fourth-order valence-electron chi connectivity index (χ4n) is 3.75. The van der Waals surface area contributed by atoms with Gasteiger partial charge >= 0.3 is 18.4 Å². The van der Waals surface area contributed by atoms with E-state index in [1.165, 1.54) is 12.1 Å². The summed E-state index contributed by atoms with van der Waals surface area (Å²) in [4.78, 5) is 11.1. The summed E-state index contributed by atoms with van der Waals surface area (Å²) in [7, 11) is 0. The van der Waals surface area contributed by atoms with Crippen molar-refractivity contribution >= 4 is 6.09 Å². The van der Waals surface area contributed by atoms with Crippen molar-refractivity contribution < 1.29 is 36.2 Å². The Morgan fingerprint density at radius 3 is 2.00 bits per heavy atom. The highest BCUT2D eigenvalue weighted by Crippen LogP contribution is 2.46. The Morgan fingerprint density at radius 1 is 0.966 bits per heavy atom. The molecule has 3 nitrogen and oxygen atoms in total. The summed E-state index contributed by atoms with van der Waals surface area (Å²) in [6, 6.07) is 5.41. The van der Waals surface area contributed by atoms with Crippen molar-refractivity contribution in [2.24, 2.45) is 5.41 Å². The number of nitrogens with one attached hydrogen (secondary N) is 1. The van der Waals surface area contributed by atoms with E-state index >= 15 is 0 Å². The lowest BCUT2D eigenvalue weighted by Gasteiger charge is -2.27. The molecule has 0 spiro atoms. The Labute approximate surface area is 162 Å². The van der Waals surface area contributed by atoms with Crippen molar-refractivity contribution in [1.29, 1.82) is 0 Å². The topological polar surface area (TPSA) is 49.3 Å². The molecule has 0 aliphatic heterocycles. The van der Waals surface area contributed by atoms with Crippen LogP contribution < -0.4 is 5.32 Å². The SMILES string of the molecule is CC1(C)Cc2cc(-c3cc(C(F)(F)F)cc(C(F)(F)F)c3)ccc2C1NC(=O)O. The van der Waals surface area contributed by atoms with Crippen molar-refractivity contribution in [3.8, 4) is 11.1 Å². The predicted molar refractivity (Wildman–Crippen MR) is 93.3 cm³/mol. The maximum atomic E-state index is 13.1. The van der Waals surface area contributed by atoms with Gasteiger partial charge in [-0.15, -0.1) is 0 Å². The van der Waals surface area contributed by atoms with Gasteiger partial charge in [0.2, 0.25) is 0 Å². The minimum atomic E-state index is -4.93. The lowest BCUT2D eigenvalue weighted by Crippen LogP contribution is -2.34. The number of rotatable bonds is 2. The molecular formula is C20H17F6NO2. The summed E-state index contributed by atoms with van der Waals surface area (Å²) in [5, 5.41) is 11.5. The Kier molecular flexibility index (Phi) is 4.83. The van der Waals surface area contributed by atoms with Gasteiger partial charge in [0.15, 0.2) is 0 Å². The second-order valence-electron chi connectivity index (χ2n) is 7.76. The number of fused-ring (bicyclic) bond motifs is 1. The van der Waals surface area contributed by atoms with Crippen LogP contribution in [0, 0.1) is 5.41 Å². The van der Waals surface area contributed by atoms with Gasteiger partial charge in [0.05, 0.1) is 17.2 Å². The molecule has 2 N–H and O–H groups in total. The maximum absolute atomic E-state index is 13.1. The highest BCUT2D eigenvalue weighted by Gasteiger charge is 2.40. The number of hydrogen-bond donors (Lipinski definition) is 2. The van der Waals surface area contributed by atoms with Crippen LogP contribution in [-0.2, 0) is 18.8 Å². The standard InChI is InChI=1S/C20H17F6NO2/c1-18(2)9-12-5-10(3-4-15(12)16(18)27-17(28)29)11-6-13(19(21,22)23)8-14(7-11)20(24,25)26/h3-8,16,27H,9H2,1-2H3,(H,28,29). The summed E-state index contributed by atoms with van der Waals surface area (Å²) >= 11 is 0. The Balaban J connectivity index is 2.11. The number of hydrogen-bond acceptors (Lipinski definition) is 1. The maximum Gasteiger partial charge on any atom is 0.416 e. The average molecular weight is 417 g/mol. The van der Waals surface area contributed by atoms with Gasteiger partial charge in [-0.25, -0.2) is 4.79 Å². The Hall–Kier alpha value is -2.71. The molecule has 0 aromatic heterocycles. The predicted octanol–water partition coefficient (Wildman–Crippen LogP) is 6.28. The number of alkyl halides is 6. The summed E-state index contributed by atoms with van der Waals surface area (Å²) in [5.74, 6) is 0. The van der Waals surface area contributed by atoms with Crippen LogP contribution in [-0.4, -0.2) is 11.2 Å².